The molecular weight excluding hydrogens is 371 g/mol. The number of hydrogen-bond donors (Lipinski definition) is 2. The van der Waals surface area contributed by atoms with E-state index < -0.39 is 0 Å². The van der Waals surface area contributed by atoms with E-state index in [4.69, 9.17) is 0 Å². The van der Waals surface area contributed by atoms with E-state index in [1.807, 2.05) is 6.92 Å². The van der Waals surface area contributed by atoms with E-state index in [-0.39, 0.29) is 23.9 Å². The van der Waals surface area contributed by atoms with Crippen LogP contribution in [0, 0.1) is 12.7 Å². The molecule has 0 saturated carbocycles. The molecule has 146 valence electrons. The second-order valence-corrected chi connectivity index (χ2v) is 6.91. The zero-order valence-electron chi connectivity index (χ0n) is 16.0. The molecule has 0 radical (unpaired) electrons. The molecule has 0 unspecified atom stereocenters. The maximum Gasteiger partial charge on any atom is 0.228 e. The molecule has 0 saturated heterocycles. The van der Waals surface area contributed by atoms with Crippen molar-refractivity contribution >= 4 is 28.3 Å². The normalized spacial score (nSPS) is 11.0. The van der Waals surface area contributed by atoms with E-state index in [0.717, 1.165) is 16.8 Å². The zero-order valence-corrected chi connectivity index (χ0v) is 16.0. The van der Waals surface area contributed by atoms with Crippen LogP contribution in [0.3, 0.4) is 0 Å². The first-order valence-corrected chi connectivity index (χ1v) is 9.11. The first-order chi connectivity index (χ1) is 13.9. The van der Waals surface area contributed by atoms with Crippen LogP contribution in [-0.4, -0.2) is 26.2 Å². The molecule has 2 heterocycles. The van der Waals surface area contributed by atoms with E-state index in [1.165, 1.54) is 12.1 Å². The number of H-pyrrole nitrogens is 1. The summed E-state index contributed by atoms with van der Waals surface area (Å²) in [5.41, 5.74) is 3.45. The lowest BCUT2D eigenvalue weighted by atomic mass is 10.1. The standard InChI is InChI=1S/C22H19FN4O2/c1-13-17(18-11-15(23)5-8-19(18)25-13)12-20(28)26-16-6-3-14(4-7-16)21(29)22-24-9-10-27(22)2/h3-11,25H,12H2,1-2H3,(H,26,28). The molecule has 4 rings (SSSR count). The Bertz CT molecular complexity index is 1220. The number of halogens is 1. The lowest BCUT2D eigenvalue weighted by Crippen LogP contribution is -2.15. The molecular formula is C22H19FN4O2. The molecule has 4 aromatic rings. The Labute approximate surface area is 166 Å². The van der Waals surface area contributed by atoms with Crippen LogP contribution in [0.4, 0.5) is 10.1 Å². The molecule has 2 aromatic carbocycles. The highest BCUT2D eigenvalue weighted by atomic mass is 19.1. The molecule has 0 bridgehead atoms. The van der Waals surface area contributed by atoms with Gasteiger partial charge in [0, 0.05) is 47.3 Å². The number of hydrogen-bond acceptors (Lipinski definition) is 3. The summed E-state index contributed by atoms with van der Waals surface area (Å²) in [4.78, 5) is 32.2. The van der Waals surface area contributed by atoms with E-state index in [9.17, 15) is 14.0 Å². The van der Waals surface area contributed by atoms with E-state index in [2.05, 4.69) is 15.3 Å². The Morgan fingerprint density at radius 3 is 2.62 bits per heavy atom. The van der Waals surface area contributed by atoms with Crippen LogP contribution in [0.15, 0.2) is 54.9 Å². The highest BCUT2D eigenvalue weighted by Gasteiger charge is 2.15. The summed E-state index contributed by atoms with van der Waals surface area (Å²) in [5, 5.41) is 3.52. The minimum Gasteiger partial charge on any atom is -0.358 e. The first-order valence-electron chi connectivity index (χ1n) is 9.11. The lowest BCUT2D eigenvalue weighted by molar-refractivity contribution is -0.115. The topological polar surface area (TPSA) is 79.8 Å². The molecule has 0 atom stereocenters. The van der Waals surface area contributed by atoms with Crippen LogP contribution < -0.4 is 5.32 Å². The molecule has 0 spiro atoms. The Hall–Kier alpha value is -3.74. The summed E-state index contributed by atoms with van der Waals surface area (Å²) in [7, 11) is 1.76. The highest BCUT2D eigenvalue weighted by Crippen LogP contribution is 2.24. The molecule has 6 nitrogen and oxygen atoms in total. The van der Waals surface area contributed by atoms with Crippen LogP contribution in [0.2, 0.25) is 0 Å². The fourth-order valence-electron chi connectivity index (χ4n) is 3.37. The Kier molecular flexibility index (Phi) is 4.72. The Morgan fingerprint density at radius 1 is 1.17 bits per heavy atom. The van der Waals surface area contributed by atoms with Gasteiger partial charge in [-0.1, -0.05) is 0 Å². The smallest absolute Gasteiger partial charge is 0.228 e. The molecule has 0 aliphatic carbocycles. The van der Waals surface area contributed by atoms with Crippen molar-refractivity contribution in [3.8, 4) is 0 Å². The van der Waals surface area contributed by atoms with Crippen molar-refractivity contribution < 1.29 is 14.0 Å². The van der Waals surface area contributed by atoms with E-state index in [1.54, 1.807) is 54.3 Å². The van der Waals surface area contributed by atoms with Crippen molar-refractivity contribution in [2.45, 2.75) is 13.3 Å². The van der Waals surface area contributed by atoms with Gasteiger partial charge in [0.25, 0.3) is 0 Å². The number of anilines is 1. The van der Waals surface area contributed by atoms with Gasteiger partial charge >= 0.3 is 0 Å². The largest absolute Gasteiger partial charge is 0.358 e. The zero-order chi connectivity index (χ0) is 20.5. The van der Waals surface area contributed by atoms with Gasteiger partial charge in [-0.2, -0.15) is 0 Å². The maximum atomic E-state index is 13.6. The Morgan fingerprint density at radius 2 is 1.93 bits per heavy atom. The molecule has 0 aliphatic rings. The third-order valence-electron chi connectivity index (χ3n) is 4.87. The van der Waals surface area contributed by atoms with Crippen LogP contribution >= 0.6 is 0 Å². The third kappa shape index (κ3) is 3.67. The molecule has 0 aliphatic heterocycles. The van der Waals surface area contributed by atoms with Gasteiger partial charge in [0.15, 0.2) is 5.82 Å². The first kappa shape index (κ1) is 18.6. The van der Waals surface area contributed by atoms with Gasteiger partial charge in [0.2, 0.25) is 11.7 Å². The average molecular weight is 390 g/mol. The SMILES string of the molecule is Cc1[nH]c2ccc(F)cc2c1CC(=O)Nc1ccc(C(=O)c2nccn2C)cc1. The molecule has 29 heavy (non-hydrogen) atoms. The fourth-order valence-corrected chi connectivity index (χ4v) is 3.37. The van der Waals surface area contributed by atoms with Crippen molar-refractivity contribution in [2.75, 3.05) is 5.32 Å². The number of fused-ring (bicyclic) bond motifs is 1. The fraction of sp³-hybridized carbons (Fsp3) is 0.136. The van der Waals surface area contributed by atoms with Gasteiger partial charge in [0.1, 0.15) is 5.82 Å². The van der Waals surface area contributed by atoms with Crippen molar-refractivity contribution in [2.24, 2.45) is 7.05 Å². The minimum absolute atomic E-state index is 0.114. The predicted molar refractivity (Wildman–Crippen MR) is 108 cm³/mol. The van der Waals surface area contributed by atoms with Crippen molar-refractivity contribution in [3.05, 3.63) is 83.3 Å². The molecule has 0 fully saturated rings. The van der Waals surface area contributed by atoms with Gasteiger partial charge in [-0.15, -0.1) is 0 Å². The number of nitrogens with one attached hydrogen (secondary N) is 2. The number of aryl methyl sites for hydroxylation is 2. The van der Waals surface area contributed by atoms with Crippen molar-refractivity contribution in [3.63, 3.8) is 0 Å². The summed E-state index contributed by atoms with van der Waals surface area (Å²) >= 11 is 0. The number of nitrogens with zero attached hydrogens (tertiary/aromatic N) is 2. The summed E-state index contributed by atoms with van der Waals surface area (Å²) in [6.45, 7) is 1.86. The van der Waals surface area contributed by atoms with Gasteiger partial charge in [-0.3, -0.25) is 9.59 Å². The number of carbonyl (C=O) groups excluding carboxylic acids is 2. The van der Waals surface area contributed by atoms with Crippen LogP contribution in [0.1, 0.15) is 27.4 Å². The average Bonchev–Trinajstić information content (AvgIpc) is 3.25. The summed E-state index contributed by atoms with van der Waals surface area (Å²) in [6, 6.07) is 11.1. The second-order valence-electron chi connectivity index (χ2n) is 6.91. The van der Waals surface area contributed by atoms with Gasteiger partial charge in [-0.05, 0) is 55.0 Å². The third-order valence-corrected chi connectivity index (χ3v) is 4.87. The van der Waals surface area contributed by atoms with Crippen LogP contribution in [-0.2, 0) is 18.3 Å². The maximum absolute atomic E-state index is 13.6. The molecule has 1 amide bonds. The minimum atomic E-state index is -0.342. The second kappa shape index (κ2) is 7.35. The molecule has 2 aromatic heterocycles. The van der Waals surface area contributed by atoms with Crippen molar-refractivity contribution in [1.29, 1.82) is 0 Å². The predicted octanol–water partition coefficient (Wildman–Crippen LogP) is 3.76. The number of carbonyl (C=O) groups is 2. The van der Waals surface area contributed by atoms with Gasteiger partial charge in [-0.25, -0.2) is 9.37 Å². The number of ketones is 1. The summed E-state index contributed by atoms with van der Waals surface area (Å²) in [6.07, 6.45) is 3.39. The number of amides is 1. The number of aromatic nitrogens is 3. The van der Waals surface area contributed by atoms with E-state index in [0.29, 0.717) is 22.5 Å². The monoisotopic (exact) mass is 390 g/mol. The quantitative estimate of drug-likeness (QED) is 0.509. The van der Waals surface area contributed by atoms with E-state index >= 15 is 0 Å². The van der Waals surface area contributed by atoms with Crippen LogP contribution in [0.25, 0.3) is 10.9 Å². The number of aromatic amines is 1. The lowest BCUT2D eigenvalue weighted by Gasteiger charge is -2.07. The Balaban J connectivity index is 1.48. The molecule has 2 N–H and O–H groups in total. The summed E-state index contributed by atoms with van der Waals surface area (Å²) < 4.78 is 15.2. The van der Waals surface area contributed by atoms with Crippen molar-refractivity contribution in [1.82, 2.24) is 14.5 Å². The number of benzene rings is 2. The highest BCUT2D eigenvalue weighted by molar-refractivity contribution is 6.07. The van der Waals surface area contributed by atoms with Crippen LogP contribution in [0.5, 0.6) is 0 Å². The number of imidazole rings is 1. The summed E-state index contributed by atoms with van der Waals surface area (Å²) in [5.74, 6) is -0.400. The number of rotatable bonds is 5. The molecule has 7 heteroatoms. The van der Waals surface area contributed by atoms with Gasteiger partial charge < -0.3 is 14.9 Å². The van der Waals surface area contributed by atoms with Gasteiger partial charge in [0.05, 0.1) is 6.42 Å².